The Kier molecular flexibility index (Phi) is 11.4. The quantitative estimate of drug-likeness (QED) is 0.0332. The predicted octanol–water partition coefficient (Wildman–Crippen LogP) is 0.711. The number of β-lactam (4-membered cyclic amide) rings is 1. The second-order valence-corrected chi connectivity index (χ2v) is 12.8. The lowest BCUT2D eigenvalue weighted by atomic mass is 9.84. The summed E-state index contributed by atoms with van der Waals surface area (Å²) in [5, 5.41) is 16.3. The van der Waals surface area contributed by atoms with Crippen molar-refractivity contribution in [2.75, 3.05) is 57.6 Å². The van der Waals surface area contributed by atoms with Gasteiger partial charge in [0.25, 0.3) is 11.8 Å². The molecule has 7 N–H and O–H groups in total. The minimum Gasteiger partial charge on any atom is -0.490 e. The van der Waals surface area contributed by atoms with Crippen molar-refractivity contribution < 1.29 is 32.2 Å². The molecule has 2 aromatic heterocycles. The number of thiazole rings is 1. The number of hydrogen-bond donors (Lipinski definition) is 5. The van der Waals surface area contributed by atoms with Gasteiger partial charge in [-0.1, -0.05) is 22.3 Å². The minimum atomic E-state index is -0.869. The average Bonchev–Trinajstić information content (AvgIpc) is 3.48. The van der Waals surface area contributed by atoms with Gasteiger partial charge in [0.15, 0.2) is 29.8 Å². The molecular formula is C29H39N10O6S2+. The van der Waals surface area contributed by atoms with E-state index in [2.05, 4.69) is 41.8 Å². The van der Waals surface area contributed by atoms with E-state index in [1.165, 1.54) is 7.11 Å². The number of aromatic nitrogens is 3. The fraction of sp³-hybridized carbons (Fsp3) is 0.448. The molecule has 16 nitrogen and oxygen atoms in total. The van der Waals surface area contributed by atoms with Gasteiger partial charge in [-0.05, 0) is 31.5 Å². The molecular weight excluding hydrogens is 649 g/mol. The molecule has 1 aromatic carbocycles. The number of nitrogens with one attached hydrogen (secondary N) is 3. The van der Waals surface area contributed by atoms with Crippen LogP contribution in [0.5, 0.6) is 5.75 Å². The zero-order valence-corrected chi connectivity index (χ0v) is 27.9. The van der Waals surface area contributed by atoms with Crippen LogP contribution in [0.1, 0.15) is 19.5 Å². The number of ether oxygens (including phenoxy) is 1. The Morgan fingerprint density at radius 1 is 1.26 bits per heavy atom. The van der Waals surface area contributed by atoms with Crippen molar-refractivity contribution in [1.29, 1.82) is 0 Å². The van der Waals surface area contributed by atoms with Gasteiger partial charge in [0.2, 0.25) is 0 Å². The third kappa shape index (κ3) is 8.27. The molecule has 0 spiro atoms. The Hall–Kier alpha value is -4.07. The number of carbonyl (C=O) groups excluding carboxylic acids is 2. The molecule has 47 heavy (non-hydrogen) atoms. The highest BCUT2D eigenvalue weighted by Crippen LogP contribution is 2.34. The highest BCUT2D eigenvalue weighted by atomic mass is 32.2. The first kappa shape index (κ1) is 34.3. The Balaban J connectivity index is 1.16. The summed E-state index contributed by atoms with van der Waals surface area (Å²) in [6.45, 7) is 7.70. The lowest BCUT2D eigenvalue weighted by Gasteiger charge is -2.50. The van der Waals surface area contributed by atoms with Gasteiger partial charge in [-0.3, -0.25) is 19.1 Å². The van der Waals surface area contributed by atoms with Crippen LogP contribution in [-0.2, 0) is 29.4 Å². The highest BCUT2D eigenvalue weighted by Gasteiger charge is 2.57. The van der Waals surface area contributed by atoms with Crippen molar-refractivity contribution in [3.05, 3.63) is 47.7 Å². The largest absolute Gasteiger partial charge is 0.490 e. The van der Waals surface area contributed by atoms with Crippen LogP contribution in [0.15, 0.2) is 47.2 Å². The zero-order valence-electron chi connectivity index (χ0n) is 26.3. The number of anilines is 2. The number of nitrogen functional groups attached to an aromatic ring is 1. The van der Waals surface area contributed by atoms with Crippen LogP contribution in [-0.4, -0.2) is 90.6 Å². The summed E-state index contributed by atoms with van der Waals surface area (Å²) in [5.74, 6) is 0.905. The van der Waals surface area contributed by atoms with Gasteiger partial charge >= 0.3 is 5.95 Å². The van der Waals surface area contributed by atoms with Crippen LogP contribution in [0.2, 0.25) is 0 Å². The predicted molar refractivity (Wildman–Crippen MR) is 177 cm³/mol. The summed E-state index contributed by atoms with van der Waals surface area (Å²) in [6, 6.07) is 6.79. The van der Waals surface area contributed by atoms with E-state index in [-0.39, 0.29) is 29.8 Å². The molecule has 2 saturated heterocycles. The topological polar surface area (TPSA) is 204 Å². The van der Waals surface area contributed by atoms with Crippen molar-refractivity contribution >= 4 is 52.3 Å². The van der Waals surface area contributed by atoms with Crippen molar-refractivity contribution in [3.8, 4) is 16.9 Å². The second kappa shape index (κ2) is 15.7. The molecule has 1 atom stereocenters. The molecule has 0 saturated carbocycles. The fourth-order valence-corrected chi connectivity index (χ4v) is 5.81. The van der Waals surface area contributed by atoms with Gasteiger partial charge in [-0.15, -0.1) is 11.3 Å². The van der Waals surface area contributed by atoms with Crippen LogP contribution < -0.4 is 36.7 Å². The smallest absolute Gasteiger partial charge is 0.391 e. The first-order chi connectivity index (χ1) is 22.7. The molecule has 252 valence electrons. The number of oxime groups is 1. The van der Waals surface area contributed by atoms with E-state index in [1.54, 1.807) is 19.2 Å². The zero-order chi connectivity index (χ0) is 33.4. The number of nitrogens with two attached hydrogens (primary N) is 2. The highest BCUT2D eigenvalue weighted by molar-refractivity contribution is 7.89. The number of hydrogen-bond acceptors (Lipinski definition) is 15. The molecule has 3 aromatic rings. The molecule has 0 bridgehead atoms. The lowest BCUT2D eigenvalue weighted by Crippen LogP contribution is -2.76. The van der Waals surface area contributed by atoms with Crippen molar-refractivity contribution in [2.24, 2.45) is 16.8 Å². The van der Waals surface area contributed by atoms with Crippen LogP contribution in [0.4, 0.5) is 11.1 Å². The Morgan fingerprint density at radius 3 is 2.68 bits per heavy atom. The average molecular weight is 688 g/mol. The maximum absolute atomic E-state index is 13.2. The standard InChI is InChI=1S/C29H38N10O6S2/c1-29(2)24(26(41)39(29)45-47-42-3)36-25(40)23(22-17-46-27(31)35-22)37-44-11-10-43-21-6-4-19(5-7-21)20-14-34-28(33-9-8-30)38(16-20)15-18-12-32-13-18/h4-7,14,16-18,24,32H,8-13,15,30H2,1-3H3,(H3,31,35,36,40)/p+1/b37-23-. The second-order valence-electron chi connectivity index (χ2n) is 11.3. The van der Waals surface area contributed by atoms with E-state index in [0.717, 1.165) is 53.1 Å². The molecule has 2 amide bonds. The van der Waals surface area contributed by atoms with E-state index in [1.807, 2.05) is 30.5 Å². The maximum Gasteiger partial charge on any atom is 0.391 e. The Morgan fingerprint density at radius 2 is 2.04 bits per heavy atom. The van der Waals surface area contributed by atoms with Gasteiger partial charge < -0.3 is 31.7 Å². The van der Waals surface area contributed by atoms with Crippen molar-refractivity contribution in [1.82, 2.24) is 25.7 Å². The molecule has 5 rings (SSSR count). The lowest BCUT2D eigenvalue weighted by molar-refractivity contribution is -0.692. The summed E-state index contributed by atoms with van der Waals surface area (Å²) in [7, 11) is 1.41. The molecule has 0 radical (unpaired) electrons. The van der Waals surface area contributed by atoms with Gasteiger partial charge in [-0.25, -0.2) is 9.55 Å². The van der Waals surface area contributed by atoms with Crippen molar-refractivity contribution in [2.45, 2.75) is 32.0 Å². The number of benzene rings is 1. The molecule has 4 heterocycles. The summed E-state index contributed by atoms with van der Waals surface area (Å²) < 4.78 is 18.0. The van der Waals surface area contributed by atoms with Crippen LogP contribution >= 0.6 is 23.7 Å². The van der Waals surface area contributed by atoms with Crippen LogP contribution in [0, 0.1) is 5.92 Å². The van der Waals surface area contributed by atoms with E-state index in [0.29, 0.717) is 37.1 Å². The fourth-order valence-electron chi connectivity index (χ4n) is 4.88. The summed E-state index contributed by atoms with van der Waals surface area (Å²) in [5.41, 5.74) is 12.7. The molecule has 18 heteroatoms. The third-order valence-corrected chi connectivity index (χ3v) is 8.55. The van der Waals surface area contributed by atoms with E-state index in [4.69, 9.17) is 29.5 Å². The summed E-state index contributed by atoms with van der Waals surface area (Å²) in [4.78, 5) is 40.1. The maximum atomic E-state index is 13.2. The molecule has 1 unspecified atom stereocenters. The number of rotatable bonds is 17. The van der Waals surface area contributed by atoms with E-state index < -0.39 is 23.4 Å². The molecule has 2 fully saturated rings. The van der Waals surface area contributed by atoms with E-state index in [9.17, 15) is 9.59 Å². The first-order valence-corrected chi connectivity index (χ1v) is 16.5. The number of carbonyl (C=O) groups is 2. The van der Waals surface area contributed by atoms with Crippen LogP contribution in [0.3, 0.4) is 0 Å². The normalized spacial score (nSPS) is 17.5. The van der Waals surface area contributed by atoms with Gasteiger partial charge in [0.1, 0.15) is 30.3 Å². The Labute approximate surface area is 280 Å². The molecule has 2 aliphatic rings. The number of hydroxylamine groups is 2. The molecule has 0 aliphatic carbocycles. The van der Waals surface area contributed by atoms with Gasteiger partial charge in [0.05, 0.1) is 31.9 Å². The van der Waals surface area contributed by atoms with Crippen molar-refractivity contribution in [3.63, 3.8) is 0 Å². The van der Waals surface area contributed by atoms with Gasteiger partial charge in [0, 0.05) is 36.5 Å². The summed E-state index contributed by atoms with van der Waals surface area (Å²) in [6.07, 6.45) is 3.94. The minimum absolute atomic E-state index is 0.0407. The Bertz CT molecular complexity index is 1570. The SMILES string of the molecule is COSON1C(=O)C(NC(=O)/C(=N\OCCOc2ccc(-c3cnc(NCCN)[n+](CC4CNC4)c3)cc2)c2csc(N)n2)C1(C)C. The van der Waals surface area contributed by atoms with Gasteiger partial charge in [-0.2, -0.15) is 9.35 Å². The number of amides is 2. The van der Waals surface area contributed by atoms with E-state index >= 15 is 0 Å². The van der Waals surface area contributed by atoms with Crippen LogP contribution in [0.25, 0.3) is 11.1 Å². The monoisotopic (exact) mass is 687 g/mol. The first-order valence-electron chi connectivity index (χ1n) is 14.9. The molecule has 2 aliphatic heterocycles. The number of nitrogens with zero attached hydrogens (tertiary/aromatic N) is 5. The third-order valence-electron chi connectivity index (χ3n) is 7.53. The summed E-state index contributed by atoms with van der Waals surface area (Å²) >= 11 is 1.80.